The second kappa shape index (κ2) is 9.09. The highest BCUT2D eigenvalue weighted by atomic mass is 35.5. The van der Waals surface area contributed by atoms with Gasteiger partial charge in [-0.1, -0.05) is 13.3 Å². The Morgan fingerprint density at radius 1 is 1.26 bits per heavy atom. The lowest BCUT2D eigenvalue weighted by Crippen LogP contribution is -2.44. The number of hydrogen-bond donors (Lipinski definition) is 2. The van der Waals surface area contributed by atoms with Gasteiger partial charge in [0.2, 0.25) is 5.91 Å². The van der Waals surface area contributed by atoms with Gasteiger partial charge < -0.3 is 10.6 Å². The maximum Gasteiger partial charge on any atom is 0.223 e. The van der Waals surface area contributed by atoms with Crippen molar-refractivity contribution in [3.8, 4) is 0 Å². The predicted molar refractivity (Wildman–Crippen MR) is 85.2 cm³/mol. The largest absolute Gasteiger partial charge is 0.353 e. The molecule has 0 aromatic carbocycles. The van der Waals surface area contributed by atoms with Gasteiger partial charge in [0.1, 0.15) is 0 Å². The number of rotatable bonds is 4. The molecule has 2 fully saturated rings. The zero-order valence-electron chi connectivity index (χ0n) is 11.8. The zero-order chi connectivity index (χ0) is 12.8. The van der Waals surface area contributed by atoms with Crippen LogP contribution in [0.5, 0.6) is 0 Å². The highest BCUT2D eigenvalue weighted by molar-refractivity contribution is 7.99. The lowest BCUT2D eigenvalue weighted by atomic mass is 9.92. The summed E-state index contributed by atoms with van der Waals surface area (Å²) < 4.78 is 0. The first-order valence-electron chi connectivity index (χ1n) is 7.42. The Morgan fingerprint density at radius 2 is 2.00 bits per heavy atom. The van der Waals surface area contributed by atoms with Crippen molar-refractivity contribution in [2.45, 2.75) is 56.7 Å². The molecule has 1 amide bonds. The first-order chi connectivity index (χ1) is 8.79. The molecule has 0 bridgehead atoms. The van der Waals surface area contributed by atoms with Crippen LogP contribution in [0.2, 0.25) is 0 Å². The van der Waals surface area contributed by atoms with E-state index < -0.39 is 0 Å². The molecule has 2 aliphatic rings. The molecule has 2 N–H and O–H groups in total. The van der Waals surface area contributed by atoms with Crippen LogP contribution in [0.25, 0.3) is 0 Å². The molecule has 1 saturated carbocycles. The van der Waals surface area contributed by atoms with E-state index in [9.17, 15) is 4.79 Å². The molecule has 1 heterocycles. The molecule has 3 nitrogen and oxygen atoms in total. The van der Waals surface area contributed by atoms with Crippen LogP contribution in [0.1, 0.15) is 45.4 Å². The fourth-order valence-corrected chi connectivity index (χ4v) is 4.24. The molecule has 0 radical (unpaired) electrons. The van der Waals surface area contributed by atoms with Crippen molar-refractivity contribution in [2.75, 3.05) is 18.8 Å². The topological polar surface area (TPSA) is 41.1 Å². The average molecular weight is 307 g/mol. The molecular weight excluding hydrogens is 280 g/mol. The van der Waals surface area contributed by atoms with Gasteiger partial charge in [-0.2, -0.15) is 11.8 Å². The highest BCUT2D eigenvalue weighted by Crippen LogP contribution is 2.28. The molecule has 19 heavy (non-hydrogen) atoms. The number of thioether (sulfide) groups is 1. The van der Waals surface area contributed by atoms with E-state index in [0.29, 0.717) is 11.9 Å². The molecule has 1 aliphatic carbocycles. The van der Waals surface area contributed by atoms with Crippen LogP contribution in [-0.4, -0.2) is 36.0 Å². The van der Waals surface area contributed by atoms with Crippen molar-refractivity contribution in [1.82, 2.24) is 10.6 Å². The number of hydrogen-bond acceptors (Lipinski definition) is 3. The summed E-state index contributed by atoms with van der Waals surface area (Å²) in [4.78, 5) is 12.2. The molecule has 0 spiro atoms. The first kappa shape index (κ1) is 17.1. The van der Waals surface area contributed by atoms with Crippen molar-refractivity contribution in [3.05, 3.63) is 0 Å². The normalized spacial score (nSPS) is 28.5. The lowest BCUT2D eigenvalue weighted by Gasteiger charge is -2.31. The number of halogens is 1. The van der Waals surface area contributed by atoms with Crippen LogP contribution in [0.4, 0.5) is 0 Å². The Bertz CT molecular complexity index is 270. The minimum absolute atomic E-state index is 0. The Kier molecular flexibility index (Phi) is 8.19. The molecule has 112 valence electrons. The Morgan fingerprint density at radius 3 is 2.68 bits per heavy atom. The number of carbonyl (C=O) groups is 1. The van der Waals surface area contributed by atoms with Gasteiger partial charge in [-0.25, -0.2) is 0 Å². The maximum absolute atomic E-state index is 12.2. The smallest absolute Gasteiger partial charge is 0.223 e. The van der Waals surface area contributed by atoms with Gasteiger partial charge in [0, 0.05) is 17.2 Å². The summed E-state index contributed by atoms with van der Waals surface area (Å²) in [6.07, 6.45) is 6.97. The summed E-state index contributed by atoms with van der Waals surface area (Å²) in [5.74, 6) is 1.76. The Labute approximate surface area is 127 Å². The van der Waals surface area contributed by atoms with Crippen LogP contribution in [0.3, 0.4) is 0 Å². The van der Waals surface area contributed by atoms with Crippen molar-refractivity contribution in [1.29, 1.82) is 0 Å². The Balaban J connectivity index is 0.00000180. The van der Waals surface area contributed by atoms with Crippen molar-refractivity contribution < 1.29 is 4.79 Å². The minimum Gasteiger partial charge on any atom is -0.353 e. The average Bonchev–Trinajstić information content (AvgIpc) is 2.40. The summed E-state index contributed by atoms with van der Waals surface area (Å²) in [7, 11) is 0. The minimum atomic E-state index is 0. The SMILES string of the molecule is CCSC1CCCC(NC(=O)C2CCNCC2)C1.Cl. The van der Waals surface area contributed by atoms with E-state index in [4.69, 9.17) is 0 Å². The molecule has 2 rings (SSSR count). The van der Waals surface area contributed by atoms with Crippen molar-refractivity contribution in [3.63, 3.8) is 0 Å². The van der Waals surface area contributed by atoms with Gasteiger partial charge in [0.15, 0.2) is 0 Å². The van der Waals surface area contributed by atoms with Crippen LogP contribution in [0.15, 0.2) is 0 Å². The van der Waals surface area contributed by atoms with E-state index in [1.54, 1.807) is 0 Å². The van der Waals surface area contributed by atoms with Crippen LogP contribution < -0.4 is 10.6 Å². The fraction of sp³-hybridized carbons (Fsp3) is 0.929. The maximum atomic E-state index is 12.2. The van der Waals surface area contributed by atoms with E-state index in [-0.39, 0.29) is 18.3 Å². The summed E-state index contributed by atoms with van der Waals surface area (Å²) in [6.45, 7) is 4.22. The third kappa shape index (κ3) is 5.52. The van der Waals surface area contributed by atoms with Crippen molar-refractivity contribution in [2.24, 2.45) is 5.92 Å². The van der Waals surface area contributed by atoms with Crippen LogP contribution >= 0.6 is 24.2 Å². The van der Waals surface area contributed by atoms with Gasteiger partial charge in [-0.3, -0.25) is 4.79 Å². The van der Waals surface area contributed by atoms with Crippen molar-refractivity contribution >= 4 is 30.1 Å². The van der Waals surface area contributed by atoms with Gasteiger partial charge >= 0.3 is 0 Å². The second-order valence-electron chi connectivity index (χ2n) is 5.47. The van der Waals surface area contributed by atoms with E-state index in [2.05, 4.69) is 29.3 Å². The standard InChI is InChI=1S/C14H26N2OS.ClH/c1-2-18-13-5-3-4-12(10-13)16-14(17)11-6-8-15-9-7-11;/h11-13,15H,2-10H2,1H3,(H,16,17);1H. The van der Waals surface area contributed by atoms with E-state index in [1.165, 1.54) is 31.4 Å². The van der Waals surface area contributed by atoms with E-state index >= 15 is 0 Å². The summed E-state index contributed by atoms with van der Waals surface area (Å²) in [5.41, 5.74) is 0. The van der Waals surface area contributed by atoms with Gasteiger partial charge in [-0.05, 0) is 50.9 Å². The number of amides is 1. The molecule has 0 aromatic heterocycles. The third-order valence-electron chi connectivity index (χ3n) is 4.08. The molecule has 5 heteroatoms. The second-order valence-corrected chi connectivity index (χ2v) is 7.05. The quantitative estimate of drug-likeness (QED) is 0.839. The first-order valence-corrected chi connectivity index (χ1v) is 8.47. The van der Waals surface area contributed by atoms with Gasteiger partial charge in [0.25, 0.3) is 0 Å². The number of piperidine rings is 1. The molecule has 0 aromatic rings. The molecule has 1 aliphatic heterocycles. The van der Waals surface area contributed by atoms with Gasteiger partial charge in [-0.15, -0.1) is 12.4 Å². The van der Waals surface area contributed by atoms with E-state index in [0.717, 1.165) is 31.2 Å². The molecular formula is C14H27ClN2OS. The number of carbonyl (C=O) groups excluding carboxylic acids is 1. The van der Waals surface area contributed by atoms with Gasteiger partial charge in [0.05, 0.1) is 0 Å². The zero-order valence-corrected chi connectivity index (χ0v) is 13.5. The summed E-state index contributed by atoms with van der Waals surface area (Å²) in [6, 6.07) is 0.435. The predicted octanol–water partition coefficient (Wildman–Crippen LogP) is 2.59. The Hall–Kier alpha value is 0.0700. The fourth-order valence-electron chi connectivity index (χ4n) is 3.07. The summed E-state index contributed by atoms with van der Waals surface area (Å²) in [5, 5.41) is 7.38. The molecule has 2 unspecified atom stereocenters. The number of nitrogens with one attached hydrogen (secondary N) is 2. The van der Waals surface area contributed by atoms with Crippen LogP contribution in [0, 0.1) is 5.92 Å². The molecule has 2 atom stereocenters. The van der Waals surface area contributed by atoms with Crippen LogP contribution in [-0.2, 0) is 4.79 Å². The lowest BCUT2D eigenvalue weighted by molar-refractivity contribution is -0.126. The highest BCUT2D eigenvalue weighted by Gasteiger charge is 2.26. The van der Waals surface area contributed by atoms with E-state index in [1.807, 2.05) is 0 Å². The summed E-state index contributed by atoms with van der Waals surface area (Å²) >= 11 is 2.06. The molecule has 1 saturated heterocycles. The monoisotopic (exact) mass is 306 g/mol. The third-order valence-corrected chi connectivity index (χ3v) is 5.32.